The van der Waals surface area contributed by atoms with Gasteiger partial charge in [0.1, 0.15) is 23.6 Å². The quantitative estimate of drug-likeness (QED) is 0.335. The molecule has 0 unspecified atom stereocenters. The van der Waals surface area contributed by atoms with Crippen molar-refractivity contribution >= 4 is 16.9 Å². The van der Waals surface area contributed by atoms with Gasteiger partial charge in [-0.3, -0.25) is 0 Å². The molecule has 2 aromatic carbocycles. The van der Waals surface area contributed by atoms with Gasteiger partial charge in [-0.2, -0.15) is 0 Å². The largest absolute Gasteiger partial charge is 0.467 e. The third-order valence-corrected chi connectivity index (χ3v) is 5.47. The molecule has 3 aromatic heterocycles. The number of nitrogens with one attached hydrogen (secondary N) is 1. The topological polar surface area (TPSA) is 76.1 Å². The maximum absolute atomic E-state index is 9.24. The third-order valence-electron chi connectivity index (χ3n) is 5.47. The molecule has 0 bridgehead atoms. The van der Waals surface area contributed by atoms with Gasteiger partial charge in [-0.05, 0) is 29.7 Å². The number of aromatic nitrogens is 3. The van der Waals surface area contributed by atoms with Gasteiger partial charge in [-0.1, -0.05) is 60.7 Å². The second-order valence-corrected chi connectivity index (χ2v) is 7.55. The predicted molar refractivity (Wildman–Crippen MR) is 126 cm³/mol. The van der Waals surface area contributed by atoms with E-state index in [4.69, 9.17) is 9.40 Å². The minimum Gasteiger partial charge on any atom is -0.467 e. The van der Waals surface area contributed by atoms with Crippen molar-refractivity contribution in [2.45, 2.75) is 13.0 Å². The van der Waals surface area contributed by atoms with Crippen molar-refractivity contribution in [3.63, 3.8) is 0 Å². The fourth-order valence-corrected chi connectivity index (χ4v) is 4.08. The van der Waals surface area contributed by atoms with Crippen LogP contribution in [0.15, 0.2) is 89.8 Å². The molecule has 0 saturated heterocycles. The molecular formula is C26H24N4O2. The van der Waals surface area contributed by atoms with Crippen LogP contribution >= 0.6 is 0 Å². The molecule has 32 heavy (non-hydrogen) atoms. The molecule has 0 amide bonds. The lowest BCUT2D eigenvalue weighted by Gasteiger charge is -2.11. The number of furan rings is 1. The number of benzene rings is 2. The molecule has 0 atom stereocenters. The number of anilines is 1. The van der Waals surface area contributed by atoms with Crippen LogP contribution in [0.3, 0.4) is 0 Å². The lowest BCUT2D eigenvalue weighted by atomic mass is 9.99. The summed E-state index contributed by atoms with van der Waals surface area (Å²) >= 11 is 0. The first-order valence-electron chi connectivity index (χ1n) is 10.7. The SMILES string of the molecule is OCCCNc1ncnc2c1c(-c1ccccc1)c(-c1ccccc1)n2Cc1ccco1. The summed E-state index contributed by atoms with van der Waals surface area (Å²) in [5.41, 5.74) is 5.16. The van der Waals surface area contributed by atoms with E-state index in [9.17, 15) is 5.11 Å². The molecule has 0 spiro atoms. The van der Waals surface area contributed by atoms with Gasteiger partial charge in [-0.25, -0.2) is 9.97 Å². The third kappa shape index (κ3) is 3.76. The number of fused-ring (bicyclic) bond motifs is 1. The Morgan fingerprint density at radius 3 is 2.31 bits per heavy atom. The number of aliphatic hydroxyl groups excluding tert-OH is 1. The smallest absolute Gasteiger partial charge is 0.147 e. The first kappa shape index (κ1) is 20.0. The van der Waals surface area contributed by atoms with Gasteiger partial charge in [-0.15, -0.1) is 0 Å². The Kier molecular flexibility index (Phi) is 5.68. The molecule has 0 aliphatic rings. The zero-order valence-electron chi connectivity index (χ0n) is 17.6. The van der Waals surface area contributed by atoms with Crippen molar-refractivity contribution in [1.29, 1.82) is 0 Å². The Hall–Kier alpha value is -3.90. The van der Waals surface area contributed by atoms with E-state index < -0.39 is 0 Å². The highest BCUT2D eigenvalue weighted by molar-refractivity contribution is 6.08. The van der Waals surface area contributed by atoms with Crippen LogP contribution in [0.25, 0.3) is 33.4 Å². The Morgan fingerprint density at radius 1 is 0.875 bits per heavy atom. The minimum absolute atomic E-state index is 0.127. The number of nitrogens with zero attached hydrogens (tertiary/aromatic N) is 3. The van der Waals surface area contributed by atoms with Crippen LogP contribution in [-0.2, 0) is 6.54 Å². The number of hydrogen-bond donors (Lipinski definition) is 2. The fraction of sp³-hybridized carbons (Fsp3) is 0.154. The highest BCUT2D eigenvalue weighted by Gasteiger charge is 2.24. The number of aliphatic hydroxyl groups is 1. The number of rotatable bonds is 8. The molecule has 6 nitrogen and oxygen atoms in total. The van der Waals surface area contributed by atoms with Crippen molar-refractivity contribution in [2.24, 2.45) is 0 Å². The molecular weight excluding hydrogens is 400 g/mol. The zero-order valence-corrected chi connectivity index (χ0v) is 17.6. The van der Waals surface area contributed by atoms with Gasteiger partial charge < -0.3 is 19.4 Å². The lowest BCUT2D eigenvalue weighted by molar-refractivity contribution is 0.292. The van der Waals surface area contributed by atoms with Gasteiger partial charge in [0.15, 0.2) is 0 Å². The first-order chi connectivity index (χ1) is 15.9. The summed E-state index contributed by atoms with van der Waals surface area (Å²) in [6.07, 6.45) is 3.93. The molecule has 0 saturated carbocycles. The minimum atomic E-state index is 0.127. The normalized spacial score (nSPS) is 11.2. The lowest BCUT2D eigenvalue weighted by Crippen LogP contribution is -2.06. The van der Waals surface area contributed by atoms with Crippen molar-refractivity contribution < 1.29 is 9.52 Å². The second-order valence-electron chi connectivity index (χ2n) is 7.55. The Balaban J connectivity index is 1.83. The van der Waals surface area contributed by atoms with Crippen LogP contribution in [0.1, 0.15) is 12.2 Å². The molecule has 3 heterocycles. The van der Waals surface area contributed by atoms with E-state index in [0.29, 0.717) is 19.5 Å². The van der Waals surface area contributed by atoms with Gasteiger partial charge in [0.2, 0.25) is 0 Å². The van der Waals surface area contributed by atoms with Gasteiger partial charge in [0, 0.05) is 18.7 Å². The molecule has 2 N–H and O–H groups in total. The van der Waals surface area contributed by atoms with Crippen LogP contribution in [0, 0.1) is 0 Å². The molecule has 0 radical (unpaired) electrons. The van der Waals surface area contributed by atoms with Crippen LogP contribution in [0.5, 0.6) is 0 Å². The van der Waals surface area contributed by atoms with E-state index in [0.717, 1.165) is 45.0 Å². The number of hydrogen-bond acceptors (Lipinski definition) is 5. The molecule has 160 valence electrons. The summed E-state index contributed by atoms with van der Waals surface area (Å²) in [4.78, 5) is 9.27. The predicted octanol–water partition coefficient (Wildman–Crippen LogP) is 5.20. The van der Waals surface area contributed by atoms with Gasteiger partial charge in [0.25, 0.3) is 0 Å². The van der Waals surface area contributed by atoms with Crippen molar-refractivity contribution in [3.8, 4) is 22.4 Å². The van der Waals surface area contributed by atoms with Crippen molar-refractivity contribution in [1.82, 2.24) is 14.5 Å². The summed E-state index contributed by atoms with van der Waals surface area (Å²) in [5, 5.41) is 13.6. The van der Waals surface area contributed by atoms with Crippen LogP contribution in [0.2, 0.25) is 0 Å². The van der Waals surface area contributed by atoms with E-state index in [2.05, 4.69) is 39.1 Å². The second kappa shape index (κ2) is 9.08. The summed E-state index contributed by atoms with van der Waals surface area (Å²) < 4.78 is 7.89. The van der Waals surface area contributed by atoms with E-state index in [1.165, 1.54) is 0 Å². The van der Waals surface area contributed by atoms with E-state index >= 15 is 0 Å². The average Bonchev–Trinajstić information content (AvgIpc) is 3.47. The van der Waals surface area contributed by atoms with Crippen LogP contribution < -0.4 is 5.32 Å². The Bertz CT molecular complexity index is 1300. The van der Waals surface area contributed by atoms with Crippen molar-refractivity contribution in [3.05, 3.63) is 91.1 Å². The summed E-state index contributed by atoms with van der Waals surface area (Å²) in [6.45, 7) is 1.30. The summed E-state index contributed by atoms with van der Waals surface area (Å²) in [7, 11) is 0. The fourth-order valence-electron chi connectivity index (χ4n) is 4.08. The zero-order chi connectivity index (χ0) is 21.8. The van der Waals surface area contributed by atoms with Crippen LogP contribution in [-0.4, -0.2) is 32.8 Å². The van der Waals surface area contributed by atoms with Gasteiger partial charge >= 0.3 is 0 Å². The standard InChI is InChI=1S/C26H24N4O2/c31-15-8-14-27-25-23-22(19-9-3-1-4-10-19)24(20-11-5-2-6-12-20)30(26(23)29-18-28-25)17-21-13-7-16-32-21/h1-7,9-13,16,18,31H,8,14-15,17H2,(H,27,28,29). The Labute approximate surface area is 186 Å². The van der Waals surface area contributed by atoms with Gasteiger partial charge in [0.05, 0.1) is 23.9 Å². The monoisotopic (exact) mass is 424 g/mol. The average molecular weight is 425 g/mol. The molecule has 0 aliphatic carbocycles. The molecule has 5 aromatic rings. The molecule has 6 heteroatoms. The van der Waals surface area contributed by atoms with Crippen LogP contribution in [0.4, 0.5) is 5.82 Å². The first-order valence-corrected chi connectivity index (χ1v) is 10.7. The van der Waals surface area contributed by atoms with E-state index in [1.807, 2.05) is 48.5 Å². The molecule has 0 fully saturated rings. The maximum Gasteiger partial charge on any atom is 0.147 e. The Morgan fingerprint density at radius 2 is 1.62 bits per heavy atom. The summed E-state index contributed by atoms with van der Waals surface area (Å²) in [6, 6.07) is 24.6. The van der Waals surface area contributed by atoms with E-state index in [-0.39, 0.29) is 6.61 Å². The molecule has 5 rings (SSSR count). The maximum atomic E-state index is 9.24. The van der Waals surface area contributed by atoms with Crippen molar-refractivity contribution in [2.75, 3.05) is 18.5 Å². The summed E-state index contributed by atoms with van der Waals surface area (Å²) in [5.74, 6) is 1.62. The highest BCUT2D eigenvalue weighted by atomic mass is 16.3. The highest BCUT2D eigenvalue weighted by Crippen LogP contribution is 2.43. The van der Waals surface area contributed by atoms with E-state index in [1.54, 1.807) is 12.6 Å². The molecule has 0 aliphatic heterocycles.